The molecule has 0 bridgehead atoms. The summed E-state index contributed by atoms with van der Waals surface area (Å²) in [5.41, 5.74) is 1.30. The molecule has 1 heterocycles. The molecule has 0 aliphatic heterocycles. The molecule has 0 radical (unpaired) electrons. The van der Waals surface area contributed by atoms with Crippen LogP contribution in [0.3, 0.4) is 0 Å². The van der Waals surface area contributed by atoms with Crippen molar-refractivity contribution in [3.05, 3.63) is 63.6 Å². The fourth-order valence-electron chi connectivity index (χ4n) is 6.02. The van der Waals surface area contributed by atoms with Gasteiger partial charge in [-0.1, -0.05) is 84.4 Å². The van der Waals surface area contributed by atoms with Crippen LogP contribution in [-0.4, -0.2) is 77.9 Å². The third-order valence-corrected chi connectivity index (χ3v) is 10.1. The van der Waals surface area contributed by atoms with Crippen LogP contribution in [0.5, 0.6) is 0 Å². The molecule has 0 aliphatic carbocycles. The maximum Gasteiger partial charge on any atom is 0.331 e. The van der Waals surface area contributed by atoms with Crippen LogP contribution in [-0.2, 0) is 25.5 Å². The number of carbonyl (C=O) groups excluding carboxylic acids is 3. The molecular formula is C37H56N4O6S. The van der Waals surface area contributed by atoms with E-state index in [1.54, 1.807) is 37.6 Å². The predicted molar refractivity (Wildman–Crippen MR) is 191 cm³/mol. The molecule has 3 N–H and O–H groups in total. The number of ether oxygens (including phenoxy) is 1. The summed E-state index contributed by atoms with van der Waals surface area (Å²) in [6, 6.07) is 8.45. The first kappa shape index (κ1) is 40.8. The summed E-state index contributed by atoms with van der Waals surface area (Å²) in [6.07, 6.45) is 2.89. The Hall–Kier alpha value is -3.41. The molecule has 266 valence electrons. The molecule has 0 fully saturated rings. The Kier molecular flexibility index (Phi) is 16.6. The van der Waals surface area contributed by atoms with Crippen molar-refractivity contribution >= 4 is 34.9 Å². The molecule has 0 saturated carbocycles. The van der Waals surface area contributed by atoms with E-state index in [9.17, 15) is 24.3 Å². The van der Waals surface area contributed by atoms with Crippen LogP contribution < -0.4 is 10.6 Å². The van der Waals surface area contributed by atoms with Crippen LogP contribution in [0, 0.1) is 23.7 Å². The van der Waals surface area contributed by atoms with E-state index < -0.39 is 29.9 Å². The summed E-state index contributed by atoms with van der Waals surface area (Å²) in [5, 5.41) is 17.8. The van der Waals surface area contributed by atoms with Crippen LogP contribution in [0.15, 0.2) is 47.4 Å². The molecule has 11 heteroatoms. The summed E-state index contributed by atoms with van der Waals surface area (Å²) in [4.78, 5) is 58.6. The van der Waals surface area contributed by atoms with Crippen molar-refractivity contribution in [1.82, 2.24) is 20.5 Å². The minimum absolute atomic E-state index is 0.0273. The van der Waals surface area contributed by atoms with Crippen molar-refractivity contribution in [3.8, 4) is 0 Å². The molecule has 6 atom stereocenters. The van der Waals surface area contributed by atoms with Crippen molar-refractivity contribution in [2.75, 3.05) is 21.2 Å². The number of aromatic nitrogens is 1. The number of benzene rings is 1. The molecule has 2 rings (SSSR count). The third kappa shape index (κ3) is 11.6. The van der Waals surface area contributed by atoms with E-state index in [0.29, 0.717) is 17.8 Å². The molecule has 1 aromatic carbocycles. The Morgan fingerprint density at radius 1 is 1.06 bits per heavy atom. The predicted octanol–water partition coefficient (Wildman–Crippen LogP) is 5.94. The molecule has 2 amide bonds. The monoisotopic (exact) mass is 684 g/mol. The fourth-order valence-corrected chi connectivity index (χ4v) is 6.91. The first-order chi connectivity index (χ1) is 22.6. The van der Waals surface area contributed by atoms with E-state index in [2.05, 4.69) is 29.5 Å². The van der Waals surface area contributed by atoms with E-state index >= 15 is 0 Å². The number of carboxylic acid groups (broad SMARTS) is 1. The second-order valence-electron chi connectivity index (χ2n) is 13.4. The molecule has 1 aromatic heterocycles. The van der Waals surface area contributed by atoms with Gasteiger partial charge in [-0.3, -0.25) is 14.4 Å². The first-order valence-electron chi connectivity index (χ1n) is 16.9. The highest BCUT2D eigenvalue weighted by Gasteiger charge is 2.36. The van der Waals surface area contributed by atoms with E-state index in [0.717, 1.165) is 12.0 Å². The lowest BCUT2D eigenvalue weighted by atomic mass is 9.82. The van der Waals surface area contributed by atoms with Gasteiger partial charge in [-0.25, -0.2) is 9.78 Å². The van der Waals surface area contributed by atoms with Crippen LogP contribution in [0.25, 0.3) is 0 Å². The van der Waals surface area contributed by atoms with Gasteiger partial charge in [0.2, 0.25) is 5.91 Å². The number of hydrogen-bond acceptors (Lipinski definition) is 8. The van der Waals surface area contributed by atoms with Crippen molar-refractivity contribution in [2.24, 2.45) is 23.7 Å². The summed E-state index contributed by atoms with van der Waals surface area (Å²) in [5.74, 6) is -1.70. The normalized spacial score (nSPS) is 15.8. The highest BCUT2D eigenvalue weighted by atomic mass is 32.1. The minimum atomic E-state index is -1.05. The maximum atomic E-state index is 14.1. The number of carbonyl (C=O) groups is 4. The van der Waals surface area contributed by atoms with Gasteiger partial charge in [0.1, 0.15) is 16.8 Å². The highest BCUT2D eigenvalue weighted by Crippen LogP contribution is 2.32. The number of ketones is 1. The lowest BCUT2D eigenvalue weighted by Gasteiger charge is -2.37. The Labute approximate surface area is 290 Å². The highest BCUT2D eigenvalue weighted by molar-refractivity contribution is 7.09. The zero-order valence-corrected chi connectivity index (χ0v) is 31.1. The Morgan fingerprint density at radius 2 is 1.71 bits per heavy atom. The van der Waals surface area contributed by atoms with Crippen LogP contribution in [0.4, 0.5) is 0 Å². The number of thiazole rings is 1. The average Bonchev–Trinajstić information content (AvgIpc) is 3.54. The number of amides is 2. The largest absolute Gasteiger partial charge is 0.478 e. The third-order valence-electron chi connectivity index (χ3n) is 9.18. The number of Topliss-reactive ketones (excluding diaryl/α,β-unsaturated/α-hetero) is 1. The molecule has 2 aromatic rings. The SMILES string of the molecule is CCC(C)[C@H](CC(=O)[C@@H](NC)C(C)C)C(=O)N(C)[C@H](CC(OC)c1nc(C(=O)N[C@H](/C=C(\C)C(=O)O)Cc2ccccc2)cs1)C(C)C. The fraction of sp³-hybridized carbons (Fsp3) is 0.595. The smallest absolute Gasteiger partial charge is 0.331 e. The van der Waals surface area contributed by atoms with Crippen molar-refractivity contribution in [1.29, 1.82) is 0 Å². The number of hydrogen-bond donors (Lipinski definition) is 3. The number of nitrogens with one attached hydrogen (secondary N) is 2. The topological polar surface area (TPSA) is 138 Å². The quantitative estimate of drug-likeness (QED) is 0.146. The zero-order valence-electron chi connectivity index (χ0n) is 30.3. The zero-order chi connectivity index (χ0) is 36.1. The summed E-state index contributed by atoms with van der Waals surface area (Å²) < 4.78 is 5.89. The van der Waals surface area contributed by atoms with Crippen molar-refractivity contribution in [2.45, 2.75) is 98.4 Å². The number of carboxylic acids is 1. The van der Waals surface area contributed by atoms with Crippen LogP contribution in [0.2, 0.25) is 0 Å². The summed E-state index contributed by atoms with van der Waals surface area (Å²) >= 11 is 1.30. The van der Waals surface area contributed by atoms with Crippen molar-refractivity contribution < 1.29 is 29.0 Å². The molecule has 0 spiro atoms. The van der Waals surface area contributed by atoms with Crippen molar-refractivity contribution in [3.63, 3.8) is 0 Å². The molecule has 2 unspecified atom stereocenters. The maximum absolute atomic E-state index is 14.1. The number of methoxy groups -OCH3 is 1. The Balaban J connectivity index is 2.27. The van der Waals surface area contributed by atoms with Gasteiger partial charge in [-0.05, 0) is 43.7 Å². The molecular weight excluding hydrogens is 628 g/mol. The van der Waals surface area contributed by atoms with Gasteiger partial charge in [0.05, 0.1) is 12.1 Å². The second kappa shape index (κ2) is 19.6. The van der Waals surface area contributed by atoms with Gasteiger partial charge in [0.15, 0.2) is 5.78 Å². The summed E-state index contributed by atoms with van der Waals surface area (Å²) in [6.45, 7) is 13.7. The van der Waals surface area contributed by atoms with Gasteiger partial charge in [0, 0.05) is 49.9 Å². The molecule has 10 nitrogen and oxygen atoms in total. The summed E-state index contributed by atoms with van der Waals surface area (Å²) in [7, 11) is 5.17. The number of likely N-dealkylation sites (N-methyl/N-ethyl adjacent to an activating group) is 1. The lowest BCUT2D eigenvalue weighted by molar-refractivity contribution is -0.142. The first-order valence-corrected chi connectivity index (χ1v) is 17.7. The average molecular weight is 685 g/mol. The molecule has 48 heavy (non-hydrogen) atoms. The van der Waals surface area contributed by atoms with Crippen LogP contribution >= 0.6 is 11.3 Å². The van der Waals surface area contributed by atoms with E-state index in [4.69, 9.17) is 4.74 Å². The number of aliphatic carboxylic acids is 1. The van der Waals surface area contributed by atoms with Gasteiger partial charge in [-0.2, -0.15) is 0 Å². The van der Waals surface area contributed by atoms with Gasteiger partial charge >= 0.3 is 5.97 Å². The Bertz CT molecular complexity index is 1370. The standard InChI is InChI=1S/C37H56N4O6S/c1-11-24(6)28(19-31(42)33(38-8)23(4)5)36(44)41(9)30(22(2)3)20-32(47-10)35-40-29(21-48-35)34(43)39-27(17-25(7)37(45)46)18-26-15-13-12-14-16-26/h12-17,21-24,27-28,30,32-33,38H,11,18-20H2,1-10H3,(H,39,43)(H,45,46)/b25-17+/t24?,27-,28+,30-,32?,33+/m1/s1. The van der Waals surface area contributed by atoms with E-state index in [-0.39, 0.29) is 59.2 Å². The second-order valence-corrected chi connectivity index (χ2v) is 14.3. The number of rotatable bonds is 20. The van der Waals surface area contributed by atoms with Crippen LogP contribution in [0.1, 0.15) is 94.9 Å². The lowest BCUT2D eigenvalue weighted by Crippen LogP contribution is -2.47. The number of nitrogens with zero attached hydrogens (tertiary/aromatic N) is 2. The van der Waals surface area contributed by atoms with E-state index in [1.807, 2.05) is 58.0 Å². The Morgan fingerprint density at radius 3 is 2.23 bits per heavy atom. The van der Waals surface area contributed by atoms with E-state index in [1.165, 1.54) is 18.3 Å². The molecule has 0 aliphatic rings. The van der Waals surface area contributed by atoms with Gasteiger partial charge in [0.25, 0.3) is 5.91 Å². The minimum Gasteiger partial charge on any atom is -0.478 e. The molecule has 0 saturated heterocycles. The van der Waals surface area contributed by atoms with Gasteiger partial charge < -0.3 is 25.4 Å². The van der Waals surface area contributed by atoms with Gasteiger partial charge in [-0.15, -0.1) is 11.3 Å².